The Balaban J connectivity index is 1.24. The van der Waals surface area contributed by atoms with E-state index in [4.69, 9.17) is 10.7 Å². The van der Waals surface area contributed by atoms with E-state index < -0.39 is 23.1 Å². The second-order valence-electron chi connectivity index (χ2n) is 9.94. The minimum atomic E-state index is -0.940. The van der Waals surface area contributed by atoms with Gasteiger partial charge in [0.05, 0.1) is 16.3 Å². The summed E-state index contributed by atoms with van der Waals surface area (Å²) in [6.45, 7) is 3.17. The Bertz CT molecular complexity index is 1730. The van der Waals surface area contributed by atoms with Crippen molar-refractivity contribution in [3.63, 3.8) is 0 Å². The second kappa shape index (κ2) is 12.0. The molecule has 0 saturated carbocycles. The van der Waals surface area contributed by atoms with Gasteiger partial charge in [0.1, 0.15) is 17.2 Å². The molecule has 3 heterocycles. The Morgan fingerprint density at radius 2 is 1.67 bits per heavy atom. The van der Waals surface area contributed by atoms with Gasteiger partial charge in [-0.3, -0.25) is 9.69 Å². The maximum atomic E-state index is 14.1. The first-order valence-corrected chi connectivity index (χ1v) is 14.3. The maximum Gasteiger partial charge on any atom is 0.261 e. The molecular formula is C31H27F2N7OS. The third kappa shape index (κ3) is 6.12. The third-order valence-electron chi connectivity index (χ3n) is 6.90. The van der Waals surface area contributed by atoms with Crippen molar-refractivity contribution in [3.05, 3.63) is 102 Å². The molecule has 212 valence electrons. The Morgan fingerprint density at radius 3 is 2.48 bits per heavy atom. The molecule has 6 rings (SSSR count). The highest BCUT2D eigenvalue weighted by atomic mass is 32.1. The smallest absolute Gasteiger partial charge is 0.261 e. The van der Waals surface area contributed by atoms with Crippen LogP contribution in [0.2, 0.25) is 0 Å². The number of benzene rings is 3. The topological polar surface area (TPSA) is 109 Å². The standard InChI is InChI=1S/C31H27F2N7OS/c32-23-10-5-11-24(33)26(23)29(41)36-22-9-4-7-20(17-22)27-28(42-30(34)39-27)25-12-13-35-31(38-25)37-21-8-3-6-19(16-21)18-40-14-1-2-15-40/h3-13,16-17H,1-2,14-15,18H2,(H2,34,39)(H,36,41)(H,35,37,38). The number of nitrogens with one attached hydrogen (secondary N) is 2. The fourth-order valence-electron chi connectivity index (χ4n) is 4.98. The molecular weight excluding hydrogens is 556 g/mol. The molecule has 0 unspecified atom stereocenters. The molecule has 0 bridgehead atoms. The van der Waals surface area contributed by atoms with Crippen LogP contribution in [0.25, 0.3) is 21.8 Å². The number of nitrogens with zero attached hydrogens (tertiary/aromatic N) is 4. The predicted octanol–water partition coefficient (Wildman–Crippen LogP) is 6.72. The molecule has 0 radical (unpaired) electrons. The monoisotopic (exact) mass is 583 g/mol. The fraction of sp³-hybridized carbons (Fsp3) is 0.161. The lowest BCUT2D eigenvalue weighted by molar-refractivity contribution is 0.101. The van der Waals surface area contributed by atoms with Gasteiger partial charge in [0.2, 0.25) is 5.95 Å². The van der Waals surface area contributed by atoms with Gasteiger partial charge in [-0.05, 0) is 74.0 Å². The van der Waals surface area contributed by atoms with Crippen molar-refractivity contribution in [3.8, 4) is 21.8 Å². The van der Waals surface area contributed by atoms with E-state index in [-0.39, 0.29) is 0 Å². The first kappa shape index (κ1) is 27.4. The van der Waals surface area contributed by atoms with Crippen LogP contribution >= 0.6 is 11.3 Å². The number of carbonyl (C=O) groups excluding carboxylic acids is 1. The number of nitrogen functional groups attached to an aromatic ring is 1. The zero-order valence-corrected chi connectivity index (χ0v) is 23.3. The molecule has 2 aromatic heterocycles. The van der Waals surface area contributed by atoms with Crippen LogP contribution in [0.1, 0.15) is 28.8 Å². The van der Waals surface area contributed by atoms with E-state index in [1.54, 1.807) is 30.5 Å². The summed E-state index contributed by atoms with van der Waals surface area (Å²) >= 11 is 1.27. The van der Waals surface area contributed by atoms with Gasteiger partial charge in [0, 0.05) is 29.7 Å². The van der Waals surface area contributed by atoms with Crippen LogP contribution in [-0.4, -0.2) is 38.8 Å². The summed E-state index contributed by atoms with van der Waals surface area (Å²) in [6.07, 6.45) is 4.16. The average Bonchev–Trinajstić information content (AvgIpc) is 3.63. The van der Waals surface area contributed by atoms with Gasteiger partial charge < -0.3 is 16.4 Å². The van der Waals surface area contributed by atoms with Crippen LogP contribution in [0, 0.1) is 11.6 Å². The van der Waals surface area contributed by atoms with Crippen molar-refractivity contribution in [2.45, 2.75) is 19.4 Å². The van der Waals surface area contributed by atoms with Gasteiger partial charge >= 0.3 is 0 Å². The van der Waals surface area contributed by atoms with Gasteiger partial charge in [-0.2, -0.15) is 0 Å². The van der Waals surface area contributed by atoms with Crippen LogP contribution in [0.4, 0.5) is 31.2 Å². The van der Waals surface area contributed by atoms with Crippen molar-refractivity contribution in [2.24, 2.45) is 0 Å². The maximum absolute atomic E-state index is 14.1. The molecule has 5 aromatic rings. The molecule has 0 atom stereocenters. The summed E-state index contributed by atoms with van der Waals surface area (Å²) in [5.41, 5.74) is 9.75. The number of thiazole rings is 1. The van der Waals surface area contributed by atoms with E-state index >= 15 is 0 Å². The van der Waals surface area contributed by atoms with Crippen LogP contribution in [0.5, 0.6) is 0 Å². The molecule has 4 N–H and O–H groups in total. The molecule has 1 aliphatic rings. The van der Waals surface area contributed by atoms with Gasteiger partial charge in [0.25, 0.3) is 5.91 Å². The number of hydrogen-bond acceptors (Lipinski definition) is 8. The lowest BCUT2D eigenvalue weighted by Gasteiger charge is -2.15. The van der Waals surface area contributed by atoms with Gasteiger partial charge in [-0.1, -0.05) is 41.7 Å². The molecule has 1 fully saturated rings. The summed E-state index contributed by atoms with van der Waals surface area (Å²) < 4.78 is 28.2. The number of carbonyl (C=O) groups is 1. The van der Waals surface area contributed by atoms with Crippen molar-refractivity contribution in [1.82, 2.24) is 19.9 Å². The SMILES string of the molecule is Nc1nc(-c2cccc(NC(=O)c3c(F)cccc3F)c2)c(-c2ccnc(Nc3cccc(CN4CCCC4)c3)n2)s1. The minimum absolute atomic E-state index is 0.339. The highest BCUT2D eigenvalue weighted by Gasteiger charge is 2.19. The summed E-state index contributed by atoms with van der Waals surface area (Å²) in [6, 6.07) is 20.1. The Morgan fingerprint density at radius 1 is 0.929 bits per heavy atom. The van der Waals surface area contributed by atoms with Gasteiger partial charge in [0.15, 0.2) is 5.13 Å². The van der Waals surface area contributed by atoms with E-state index in [1.165, 1.54) is 35.8 Å². The van der Waals surface area contributed by atoms with Crippen LogP contribution < -0.4 is 16.4 Å². The number of rotatable bonds is 8. The molecule has 3 aromatic carbocycles. The zero-order chi connectivity index (χ0) is 29.1. The lowest BCUT2D eigenvalue weighted by Crippen LogP contribution is -2.18. The third-order valence-corrected chi connectivity index (χ3v) is 7.81. The normalized spacial score (nSPS) is 13.3. The van der Waals surface area contributed by atoms with E-state index in [0.717, 1.165) is 37.5 Å². The highest BCUT2D eigenvalue weighted by molar-refractivity contribution is 7.19. The number of nitrogens with two attached hydrogens (primary N) is 1. The Labute approximate surface area is 245 Å². The van der Waals surface area contributed by atoms with E-state index in [0.29, 0.717) is 38.6 Å². The molecule has 0 aliphatic carbocycles. The van der Waals surface area contributed by atoms with Crippen molar-refractivity contribution in [1.29, 1.82) is 0 Å². The minimum Gasteiger partial charge on any atom is -0.375 e. The van der Waals surface area contributed by atoms with Crippen LogP contribution in [0.3, 0.4) is 0 Å². The fourth-order valence-corrected chi connectivity index (χ4v) is 5.80. The molecule has 0 spiro atoms. The summed E-state index contributed by atoms with van der Waals surface area (Å²) in [5, 5.41) is 6.21. The van der Waals surface area contributed by atoms with Crippen molar-refractivity contribution < 1.29 is 13.6 Å². The Kier molecular flexibility index (Phi) is 7.85. The number of aromatic nitrogens is 3. The number of amides is 1. The van der Waals surface area contributed by atoms with E-state index in [2.05, 4.69) is 37.6 Å². The average molecular weight is 584 g/mol. The molecule has 11 heteroatoms. The summed E-state index contributed by atoms with van der Waals surface area (Å²) in [5.74, 6) is -2.34. The lowest BCUT2D eigenvalue weighted by atomic mass is 10.1. The highest BCUT2D eigenvalue weighted by Crippen LogP contribution is 2.38. The number of hydrogen-bond donors (Lipinski definition) is 3. The predicted molar refractivity (Wildman–Crippen MR) is 162 cm³/mol. The second-order valence-corrected chi connectivity index (χ2v) is 11.0. The van der Waals surface area contributed by atoms with E-state index in [9.17, 15) is 13.6 Å². The first-order chi connectivity index (χ1) is 20.4. The number of halogens is 2. The Hall–Kier alpha value is -4.74. The zero-order valence-electron chi connectivity index (χ0n) is 22.5. The summed E-state index contributed by atoms with van der Waals surface area (Å²) in [7, 11) is 0. The van der Waals surface area contributed by atoms with Crippen LogP contribution in [-0.2, 0) is 6.54 Å². The van der Waals surface area contributed by atoms with Gasteiger partial charge in [-0.15, -0.1) is 0 Å². The largest absolute Gasteiger partial charge is 0.375 e. The molecule has 8 nitrogen and oxygen atoms in total. The quantitative estimate of drug-likeness (QED) is 0.186. The van der Waals surface area contributed by atoms with E-state index in [1.807, 2.05) is 18.2 Å². The van der Waals surface area contributed by atoms with Crippen molar-refractivity contribution in [2.75, 3.05) is 29.5 Å². The number of likely N-dealkylation sites (tertiary alicyclic amines) is 1. The van der Waals surface area contributed by atoms with Crippen molar-refractivity contribution >= 4 is 39.7 Å². The summed E-state index contributed by atoms with van der Waals surface area (Å²) in [4.78, 5) is 29.5. The van der Waals surface area contributed by atoms with Crippen LogP contribution in [0.15, 0.2) is 79.0 Å². The molecule has 1 amide bonds. The number of anilines is 4. The molecule has 42 heavy (non-hydrogen) atoms. The first-order valence-electron chi connectivity index (χ1n) is 13.5. The molecule has 1 aliphatic heterocycles. The van der Waals surface area contributed by atoms with Gasteiger partial charge in [-0.25, -0.2) is 23.7 Å². The molecule has 1 saturated heterocycles.